The fourth-order valence-electron chi connectivity index (χ4n) is 2.35. The Bertz CT molecular complexity index is 687. The average molecular weight is 470 g/mol. The quantitative estimate of drug-likeness (QED) is 0.238. The summed E-state index contributed by atoms with van der Waals surface area (Å²) in [6.07, 6.45) is 4.68. The van der Waals surface area contributed by atoms with Gasteiger partial charge in [-0.2, -0.15) is 5.10 Å². The lowest BCUT2D eigenvalue weighted by Crippen LogP contribution is -2.42. The Morgan fingerprint density at radius 2 is 1.92 bits per heavy atom. The number of nitrogens with zero attached hydrogens (tertiary/aromatic N) is 3. The summed E-state index contributed by atoms with van der Waals surface area (Å²) < 4.78 is 1.90. The Morgan fingerprint density at radius 3 is 2.62 bits per heavy atom. The molecule has 1 amide bonds. The highest BCUT2D eigenvalue weighted by atomic mass is 127. The van der Waals surface area contributed by atoms with Crippen LogP contribution in [0, 0.1) is 6.92 Å². The molecule has 1 aromatic carbocycles. The van der Waals surface area contributed by atoms with Crippen LogP contribution in [0.15, 0.2) is 47.7 Å². The molecule has 0 saturated heterocycles. The number of aliphatic imine (C=N–C) groups is 1. The van der Waals surface area contributed by atoms with Crippen LogP contribution >= 0.6 is 24.0 Å². The minimum Gasteiger partial charge on any atom is -0.356 e. The predicted molar refractivity (Wildman–Crippen MR) is 115 cm³/mol. The molecule has 2 aromatic rings. The van der Waals surface area contributed by atoms with Crippen LogP contribution in [-0.4, -0.2) is 48.3 Å². The summed E-state index contributed by atoms with van der Waals surface area (Å²) in [5, 5.41) is 13.5. The maximum absolute atomic E-state index is 12.0. The van der Waals surface area contributed by atoms with E-state index >= 15 is 0 Å². The third-order valence-electron chi connectivity index (χ3n) is 3.62. The van der Waals surface area contributed by atoms with E-state index in [2.05, 4.69) is 26.0 Å². The maximum atomic E-state index is 12.0. The van der Waals surface area contributed by atoms with Gasteiger partial charge in [-0.05, 0) is 31.5 Å². The zero-order chi connectivity index (χ0) is 17.9. The molecule has 0 fully saturated rings. The van der Waals surface area contributed by atoms with Gasteiger partial charge in [0.15, 0.2) is 5.96 Å². The summed E-state index contributed by atoms with van der Waals surface area (Å²) in [7, 11) is 1.73. The molecule has 0 aliphatic heterocycles. The molecule has 8 heteroatoms. The van der Waals surface area contributed by atoms with E-state index in [1.807, 2.05) is 48.1 Å². The van der Waals surface area contributed by atoms with Crippen molar-refractivity contribution in [1.82, 2.24) is 25.7 Å². The molecule has 0 aliphatic carbocycles. The normalized spacial score (nSPS) is 10.8. The minimum absolute atomic E-state index is 0. The fourth-order valence-corrected chi connectivity index (χ4v) is 2.35. The molecular formula is C18H27IN6O. The van der Waals surface area contributed by atoms with Crippen LogP contribution in [0.5, 0.6) is 0 Å². The fraction of sp³-hybridized carbons (Fsp3) is 0.389. The molecule has 0 unspecified atom stereocenters. The van der Waals surface area contributed by atoms with Crippen molar-refractivity contribution in [3.63, 3.8) is 0 Å². The molecule has 0 radical (unpaired) electrons. The Labute approximate surface area is 171 Å². The molecule has 1 heterocycles. The van der Waals surface area contributed by atoms with Gasteiger partial charge in [0, 0.05) is 51.2 Å². The maximum Gasteiger partial charge on any atom is 0.251 e. The van der Waals surface area contributed by atoms with Gasteiger partial charge in [-0.3, -0.25) is 14.5 Å². The van der Waals surface area contributed by atoms with Gasteiger partial charge in [0.1, 0.15) is 0 Å². The first-order chi connectivity index (χ1) is 12.2. The van der Waals surface area contributed by atoms with Crippen LogP contribution < -0.4 is 16.0 Å². The number of carbonyl (C=O) groups is 1. The molecule has 2 rings (SSSR count). The highest BCUT2D eigenvalue weighted by Crippen LogP contribution is 2.03. The van der Waals surface area contributed by atoms with Gasteiger partial charge >= 0.3 is 0 Å². The Morgan fingerprint density at radius 1 is 1.15 bits per heavy atom. The highest BCUT2D eigenvalue weighted by molar-refractivity contribution is 14.0. The minimum atomic E-state index is -0.0623. The van der Waals surface area contributed by atoms with Crippen LogP contribution in [0.1, 0.15) is 22.3 Å². The third kappa shape index (κ3) is 7.85. The summed E-state index contributed by atoms with van der Waals surface area (Å²) >= 11 is 0. The highest BCUT2D eigenvalue weighted by Gasteiger charge is 2.04. The number of aromatic nitrogens is 2. The van der Waals surface area contributed by atoms with E-state index in [0.717, 1.165) is 31.0 Å². The van der Waals surface area contributed by atoms with E-state index < -0.39 is 0 Å². The van der Waals surface area contributed by atoms with E-state index in [-0.39, 0.29) is 29.9 Å². The molecule has 0 spiro atoms. The summed E-state index contributed by atoms with van der Waals surface area (Å²) in [4.78, 5) is 16.2. The van der Waals surface area contributed by atoms with E-state index in [1.54, 1.807) is 13.2 Å². The Kier molecular flexibility index (Phi) is 10.4. The van der Waals surface area contributed by atoms with E-state index in [4.69, 9.17) is 0 Å². The summed E-state index contributed by atoms with van der Waals surface area (Å²) in [6, 6.07) is 9.47. The van der Waals surface area contributed by atoms with Gasteiger partial charge in [0.2, 0.25) is 0 Å². The first-order valence-corrected chi connectivity index (χ1v) is 8.46. The third-order valence-corrected chi connectivity index (χ3v) is 3.62. The SMILES string of the molecule is CN=C(NCCCn1cccn1)NCCNC(=O)c1cccc(C)c1.I. The Balaban J connectivity index is 0.00000338. The standard InChI is InChI=1S/C18H26N6O.HI/c1-15-6-3-7-16(14-15)17(25)20-10-11-22-18(19-2)21-8-4-12-24-13-5-9-23-24;/h3,5-7,9,13-14H,4,8,10-12H2,1-2H3,(H,20,25)(H2,19,21,22);1H. The zero-order valence-corrected chi connectivity index (χ0v) is 17.6. The van der Waals surface area contributed by atoms with Crippen molar-refractivity contribution in [2.24, 2.45) is 4.99 Å². The second-order valence-electron chi connectivity index (χ2n) is 5.67. The largest absolute Gasteiger partial charge is 0.356 e. The first-order valence-electron chi connectivity index (χ1n) is 8.46. The number of carbonyl (C=O) groups excluding carboxylic acids is 1. The number of hydrogen-bond acceptors (Lipinski definition) is 3. The second-order valence-corrected chi connectivity index (χ2v) is 5.67. The number of aryl methyl sites for hydroxylation is 2. The lowest BCUT2D eigenvalue weighted by molar-refractivity contribution is 0.0954. The van der Waals surface area contributed by atoms with Crippen LogP contribution in [0.2, 0.25) is 0 Å². The van der Waals surface area contributed by atoms with Crippen LogP contribution in [-0.2, 0) is 6.54 Å². The average Bonchev–Trinajstić information content (AvgIpc) is 3.13. The van der Waals surface area contributed by atoms with Crippen molar-refractivity contribution < 1.29 is 4.79 Å². The van der Waals surface area contributed by atoms with Gasteiger partial charge in [0.05, 0.1) is 0 Å². The smallest absolute Gasteiger partial charge is 0.251 e. The molecule has 0 saturated carbocycles. The van der Waals surface area contributed by atoms with Crippen molar-refractivity contribution in [1.29, 1.82) is 0 Å². The molecule has 142 valence electrons. The van der Waals surface area contributed by atoms with E-state index in [9.17, 15) is 4.79 Å². The van der Waals surface area contributed by atoms with E-state index in [1.165, 1.54) is 0 Å². The second kappa shape index (κ2) is 12.3. The number of hydrogen-bond donors (Lipinski definition) is 3. The topological polar surface area (TPSA) is 83.3 Å². The monoisotopic (exact) mass is 470 g/mol. The molecular weight excluding hydrogens is 443 g/mol. The number of guanidine groups is 1. The lowest BCUT2D eigenvalue weighted by Gasteiger charge is -2.12. The molecule has 26 heavy (non-hydrogen) atoms. The number of rotatable bonds is 8. The van der Waals surface area contributed by atoms with Crippen LogP contribution in [0.4, 0.5) is 0 Å². The molecule has 0 aliphatic rings. The van der Waals surface area contributed by atoms with Crippen molar-refractivity contribution >= 4 is 35.8 Å². The number of halogens is 1. The van der Waals surface area contributed by atoms with Crippen molar-refractivity contribution in [3.8, 4) is 0 Å². The van der Waals surface area contributed by atoms with E-state index in [0.29, 0.717) is 18.7 Å². The molecule has 0 bridgehead atoms. The Hall–Kier alpha value is -2.10. The summed E-state index contributed by atoms with van der Waals surface area (Å²) in [5.74, 6) is 0.665. The molecule has 1 aromatic heterocycles. The van der Waals surface area contributed by atoms with Crippen molar-refractivity contribution in [2.75, 3.05) is 26.7 Å². The van der Waals surface area contributed by atoms with Gasteiger partial charge in [-0.15, -0.1) is 24.0 Å². The van der Waals surface area contributed by atoms with Gasteiger partial charge in [0.25, 0.3) is 5.91 Å². The number of benzene rings is 1. The number of amides is 1. The lowest BCUT2D eigenvalue weighted by atomic mass is 10.1. The predicted octanol–water partition coefficient (Wildman–Crippen LogP) is 1.79. The first kappa shape index (κ1) is 21.9. The van der Waals surface area contributed by atoms with Crippen LogP contribution in [0.3, 0.4) is 0 Å². The van der Waals surface area contributed by atoms with Gasteiger partial charge in [-0.1, -0.05) is 17.7 Å². The summed E-state index contributed by atoms with van der Waals surface area (Å²) in [6.45, 7) is 4.77. The molecule has 7 nitrogen and oxygen atoms in total. The van der Waals surface area contributed by atoms with Gasteiger partial charge in [-0.25, -0.2) is 0 Å². The summed E-state index contributed by atoms with van der Waals surface area (Å²) in [5.41, 5.74) is 1.76. The van der Waals surface area contributed by atoms with Crippen molar-refractivity contribution in [3.05, 3.63) is 53.9 Å². The zero-order valence-electron chi connectivity index (χ0n) is 15.2. The molecule has 3 N–H and O–H groups in total. The molecule has 0 atom stereocenters. The van der Waals surface area contributed by atoms with Crippen molar-refractivity contribution in [2.45, 2.75) is 19.9 Å². The van der Waals surface area contributed by atoms with Crippen LogP contribution in [0.25, 0.3) is 0 Å². The number of nitrogens with one attached hydrogen (secondary N) is 3. The van der Waals surface area contributed by atoms with Gasteiger partial charge < -0.3 is 16.0 Å².